The lowest BCUT2D eigenvalue weighted by molar-refractivity contribution is 0.0412. The van der Waals surface area contributed by atoms with E-state index in [-0.39, 0.29) is 0 Å². The topological polar surface area (TPSA) is 74.9 Å². The van der Waals surface area contributed by atoms with Crippen molar-refractivity contribution in [1.29, 1.82) is 0 Å². The van der Waals surface area contributed by atoms with Crippen LogP contribution in [-0.2, 0) is 11.3 Å². The number of β-amino-alcohol motifs (C(OH)–C–C–N with tert-alkyl or cyclic N) is 1. The summed E-state index contributed by atoms with van der Waals surface area (Å²) in [7, 11) is 3.71. The lowest BCUT2D eigenvalue weighted by Gasteiger charge is -2.24. The van der Waals surface area contributed by atoms with Crippen molar-refractivity contribution in [2.45, 2.75) is 43.9 Å². The third-order valence-electron chi connectivity index (χ3n) is 4.49. The van der Waals surface area contributed by atoms with Crippen molar-refractivity contribution in [2.75, 3.05) is 40.4 Å². The first-order chi connectivity index (χ1) is 10.7. The van der Waals surface area contributed by atoms with Gasteiger partial charge in [0.2, 0.25) is 11.8 Å². The number of aliphatic hydroxyl groups excluding tert-OH is 1. The fourth-order valence-corrected chi connectivity index (χ4v) is 3.05. The molecule has 2 fully saturated rings. The van der Waals surface area contributed by atoms with Crippen molar-refractivity contribution < 1.29 is 14.3 Å². The summed E-state index contributed by atoms with van der Waals surface area (Å²) in [6.07, 6.45) is 3.04. The van der Waals surface area contributed by atoms with Gasteiger partial charge in [-0.1, -0.05) is 0 Å². The number of aliphatic hydroxyl groups is 1. The smallest absolute Gasteiger partial charge is 0.230 e. The van der Waals surface area contributed by atoms with Crippen LogP contribution >= 0.6 is 0 Å². The Morgan fingerprint density at radius 2 is 2.23 bits per heavy atom. The number of hydrogen-bond donors (Lipinski definition) is 1. The maximum absolute atomic E-state index is 9.82. The monoisotopic (exact) mass is 310 g/mol. The van der Waals surface area contributed by atoms with E-state index in [1.54, 1.807) is 7.11 Å². The van der Waals surface area contributed by atoms with Gasteiger partial charge in [-0.2, -0.15) is 0 Å². The molecule has 7 nitrogen and oxygen atoms in total. The highest BCUT2D eigenvalue weighted by Gasteiger charge is 2.31. The first-order valence-electron chi connectivity index (χ1n) is 8.07. The second kappa shape index (κ2) is 7.04. The van der Waals surface area contributed by atoms with Gasteiger partial charge in [-0.15, -0.1) is 10.2 Å². The van der Waals surface area contributed by atoms with E-state index in [0.29, 0.717) is 37.5 Å². The molecule has 22 heavy (non-hydrogen) atoms. The molecule has 1 aliphatic heterocycles. The normalized spacial score (nSPS) is 24.3. The van der Waals surface area contributed by atoms with Gasteiger partial charge >= 0.3 is 0 Å². The fourth-order valence-electron chi connectivity index (χ4n) is 3.05. The molecule has 2 atom stereocenters. The molecule has 0 aromatic carbocycles. The molecular weight excluding hydrogens is 284 g/mol. The van der Waals surface area contributed by atoms with Gasteiger partial charge in [0.15, 0.2) is 0 Å². The van der Waals surface area contributed by atoms with E-state index < -0.39 is 6.10 Å². The quantitative estimate of drug-likeness (QED) is 0.747. The molecule has 1 aromatic heterocycles. The molecule has 1 saturated carbocycles. The van der Waals surface area contributed by atoms with Crippen LogP contribution in [-0.4, -0.2) is 77.6 Å². The number of rotatable bonds is 8. The Bertz CT molecular complexity index is 477. The summed E-state index contributed by atoms with van der Waals surface area (Å²) in [4.78, 5) is 4.56. The Morgan fingerprint density at radius 1 is 1.41 bits per heavy atom. The molecule has 1 aromatic rings. The second-order valence-corrected chi connectivity index (χ2v) is 6.53. The molecule has 1 aliphatic carbocycles. The minimum atomic E-state index is -0.411. The van der Waals surface area contributed by atoms with Crippen molar-refractivity contribution in [3.8, 4) is 0 Å². The predicted octanol–water partition coefficient (Wildman–Crippen LogP) is 0.460. The molecular formula is C15H26N4O3. The fraction of sp³-hybridized carbons (Fsp3) is 0.867. The first kappa shape index (κ1) is 15.9. The van der Waals surface area contributed by atoms with Crippen LogP contribution in [0.15, 0.2) is 4.42 Å². The molecule has 0 radical (unpaired) electrons. The number of nitrogens with zero attached hydrogens (tertiary/aromatic N) is 4. The van der Waals surface area contributed by atoms with Crippen LogP contribution < -0.4 is 0 Å². The SMILES string of the molecule is COCC(O)CN1CCC(N(C)Cc2nnc(C3CC3)o2)C1. The third-order valence-corrected chi connectivity index (χ3v) is 4.49. The van der Waals surface area contributed by atoms with Gasteiger partial charge in [-0.05, 0) is 32.9 Å². The average molecular weight is 310 g/mol. The Labute approximate surface area is 131 Å². The van der Waals surface area contributed by atoms with E-state index in [1.807, 2.05) is 0 Å². The highest BCUT2D eigenvalue weighted by atomic mass is 16.5. The van der Waals surface area contributed by atoms with Crippen LogP contribution in [0.1, 0.15) is 37.0 Å². The van der Waals surface area contributed by atoms with Gasteiger partial charge in [0.25, 0.3) is 0 Å². The average Bonchev–Trinajstić information content (AvgIpc) is 3.05. The van der Waals surface area contributed by atoms with Gasteiger partial charge < -0.3 is 14.3 Å². The van der Waals surface area contributed by atoms with E-state index in [0.717, 1.165) is 25.4 Å². The Morgan fingerprint density at radius 3 is 2.95 bits per heavy atom. The maximum atomic E-state index is 9.82. The third kappa shape index (κ3) is 4.04. The maximum Gasteiger partial charge on any atom is 0.230 e. The van der Waals surface area contributed by atoms with Crippen LogP contribution in [0, 0.1) is 0 Å². The van der Waals surface area contributed by atoms with E-state index >= 15 is 0 Å². The summed E-state index contributed by atoms with van der Waals surface area (Å²) in [5, 5.41) is 18.1. The summed E-state index contributed by atoms with van der Waals surface area (Å²) in [5.74, 6) is 2.03. The zero-order valence-electron chi connectivity index (χ0n) is 13.4. The number of likely N-dealkylation sites (N-methyl/N-ethyl adjacent to an activating group) is 1. The first-order valence-corrected chi connectivity index (χ1v) is 8.07. The number of likely N-dealkylation sites (tertiary alicyclic amines) is 1. The summed E-state index contributed by atoms with van der Waals surface area (Å²) in [5.41, 5.74) is 0. The zero-order chi connectivity index (χ0) is 15.5. The van der Waals surface area contributed by atoms with Gasteiger partial charge in [-0.3, -0.25) is 9.80 Å². The van der Waals surface area contributed by atoms with E-state index in [2.05, 4.69) is 27.0 Å². The molecule has 124 valence electrons. The Hall–Kier alpha value is -1.02. The standard InChI is InChI=1S/C15H26N4O3/c1-18(9-14-16-17-15(22-14)11-3-4-11)12-5-6-19(7-12)8-13(20)10-21-2/h11-13,20H,3-10H2,1-2H3. The predicted molar refractivity (Wildman–Crippen MR) is 80.5 cm³/mol. The van der Waals surface area contributed by atoms with Gasteiger partial charge in [-0.25, -0.2) is 0 Å². The molecule has 1 saturated heterocycles. The van der Waals surface area contributed by atoms with Crippen molar-refractivity contribution in [2.24, 2.45) is 0 Å². The van der Waals surface area contributed by atoms with Gasteiger partial charge in [0.05, 0.1) is 19.3 Å². The van der Waals surface area contributed by atoms with Crippen LogP contribution in [0.5, 0.6) is 0 Å². The Kier molecular flexibility index (Phi) is 5.07. The van der Waals surface area contributed by atoms with Gasteiger partial charge in [0, 0.05) is 32.2 Å². The molecule has 0 bridgehead atoms. The largest absolute Gasteiger partial charge is 0.424 e. The minimum absolute atomic E-state index is 0.392. The molecule has 3 rings (SSSR count). The summed E-state index contributed by atoms with van der Waals surface area (Å²) in [6, 6.07) is 0.464. The van der Waals surface area contributed by atoms with E-state index in [1.165, 1.54) is 12.8 Å². The van der Waals surface area contributed by atoms with Crippen molar-refractivity contribution >= 4 is 0 Å². The zero-order valence-corrected chi connectivity index (χ0v) is 13.4. The van der Waals surface area contributed by atoms with Crippen LogP contribution in [0.4, 0.5) is 0 Å². The molecule has 7 heteroatoms. The second-order valence-electron chi connectivity index (χ2n) is 6.53. The molecule has 2 unspecified atom stereocenters. The molecule has 2 heterocycles. The lowest BCUT2D eigenvalue weighted by Crippen LogP contribution is -2.37. The van der Waals surface area contributed by atoms with Gasteiger partial charge in [0.1, 0.15) is 0 Å². The number of methoxy groups -OCH3 is 1. The van der Waals surface area contributed by atoms with E-state index in [9.17, 15) is 5.11 Å². The highest BCUT2D eigenvalue weighted by molar-refractivity contribution is 5.00. The van der Waals surface area contributed by atoms with Crippen molar-refractivity contribution in [1.82, 2.24) is 20.0 Å². The van der Waals surface area contributed by atoms with Crippen molar-refractivity contribution in [3.63, 3.8) is 0 Å². The highest BCUT2D eigenvalue weighted by Crippen LogP contribution is 2.39. The number of aromatic nitrogens is 2. The van der Waals surface area contributed by atoms with Crippen LogP contribution in [0.3, 0.4) is 0 Å². The summed E-state index contributed by atoms with van der Waals surface area (Å²) in [6.45, 7) is 3.72. The summed E-state index contributed by atoms with van der Waals surface area (Å²) >= 11 is 0. The summed E-state index contributed by atoms with van der Waals surface area (Å²) < 4.78 is 10.7. The molecule has 1 N–H and O–H groups in total. The molecule has 2 aliphatic rings. The van der Waals surface area contributed by atoms with Crippen LogP contribution in [0.25, 0.3) is 0 Å². The molecule has 0 amide bonds. The van der Waals surface area contributed by atoms with Crippen LogP contribution in [0.2, 0.25) is 0 Å². The number of ether oxygens (including phenoxy) is 1. The van der Waals surface area contributed by atoms with Crippen molar-refractivity contribution in [3.05, 3.63) is 11.8 Å². The molecule has 0 spiro atoms. The lowest BCUT2D eigenvalue weighted by atomic mass is 10.2. The Balaban J connectivity index is 1.45. The minimum Gasteiger partial charge on any atom is -0.424 e. The van der Waals surface area contributed by atoms with E-state index in [4.69, 9.17) is 9.15 Å². The number of hydrogen-bond acceptors (Lipinski definition) is 7.